The number of rotatable bonds is 10. The van der Waals surface area contributed by atoms with Gasteiger partial charge in [-0.25, -0.2) is 0 Å². The standard InChI is InChI=1S/C24H23F3N2O5S/c1-2-6-16-18(10-9-17-19(16)34-29-21(17)24(25,26)27)33-12-4-3-11-32-15-8-5-7-14(13-15)20-22(30)28-23(31)35-20/h5,7-10,13,30H,2-4,6,11-12H2,1H3,(H,28,31). The van der Waals surface area contributed by atoms with Gasteiger partial charge in [-0.2, -0.15) is 13.2 Å². The topological polar surface area (TPSA) is 97.6 Å². The quantitative estimate of drug-likeness (QED) is 0.249. The van der Waals surface area contributed by atoms with Crippen molar-refractivity contribution in [1.82, 2.24) is 10.1 Å². The number of H-pyrrole nitrogens is 1. The maximum Gasteiger partial charge on any atom is 0.437 e. The van der Waals surface area contributed by atoms with Crippen LogP contribution in [0.25, 0.3) is 21.4 Å². The molecule has 4 rings (SSSR count). The molecule has 0 saturated heterocycles. The van der Waals surface area contributed by atoms with E-state index in [1.807, 2.05) is 6.92 Å². The number of benzene rings is 2. The third kappa shape index (κ3) is 5.61. The van der Waals surface area contributed by atoms with Gasteiger partial charge in [0.1, 0.15) is 11.5 Å². The van der Waals surface area contributed by atoms with Crippen LogP contribution in [0, 0.1) is 0 Å². The van der Waals surface area contributed by atoms with Gasteiger partial charge in [-0.05, 0) is 43.5 Å². The fourth-order valence-electron chi connectivity index (χ4n) is 3.69. The summed E-state index contributed by atoms with van der Waals surface area (Å²) in [5, 5.41) is 13.0. The average Bonchev–Trinajstić information content (AvgIpc) is 3.40. The van der Waals surface area contributed by atoms with Crippen molar-refractivity contribution in [2.45, 2.75) is 38.8 Å². The number of ether oxygens (including phenoxy) is 2. The molecule has 0 aliphatic carbocycles. The smallest absolute Gasteiger partial charge is 0.437 e. The minimum atomic E-state index is -4.59. The maximum absolute atomic E-state index is 13.1. The highest BCUT2D eigenvalue weighted by Gasteiger charge is 2.37. The van der Waals surface area contributed by atoms with E-state index in [0.29, 0.717) is 66.4 Å². The van der Waals surface area contributed by atoms with E-state index in [2.05, 4.69) is 10.1 Å². The number of aryl methyl sites for hydroxylation is 1. The number of thiazole rings is 1. The second-order valence-electron chi connectivity index (χ2n) is 7.82. The van der Waals surface area contributed by atoms with Crippen molar-refractivity contribution < 1.29 is 32.3 Å². The SMILES string of the molecule is CCCc1c(OCCCCOc2cccc(-c3sc(=O)[nH]c3O)c2)ccc2c(C(F)(F)F)noc12. The molecule has 4 aromatic rings. The van der Waals surface area contributed by atoms with Crippen LogP contribution in [0.2, 0.25) is 0 Å². The molecule has 186 valence electrons. The fourth-order valence-corrected chi connectivity index (χ4v) is 4.41. The third-order valence-corrected chi connectivity index (χ3v) is 6.18. The molecule has 11 heteroatoms. The van der Waals surface area contributed by atoms with Gasteiger partial charge in [0.05, 0.1) is 23.5 Å². The molecule has 0 bridgehead atoms. The Morgan fingerprint density at radius 3 is 2.60 bits per heavy atom. The molecule has 0 aliphatic rings. The predicted molar refractivity (Wildman–Crippen MR) is 125 cm³/mol. The Labute approximate surface area is 202 Å². The molecule has 0 atom stereocenters. The van der Waals surface area contributed by atoms with Crippen LogP contribution in [0.5, 0.6) is 17.4 Å². The van der Waals surface area contributed by atoms with E-state index in [9.17, 15) is 23.1 Å². The van der Waals surface area contributed by atoms with Crippen LogP contribution in [0.15, 0.2) is 45.7 Å². The number of unbranched alkanes of at least 4 members (excludes halogenated alkanes) is 1. The van der Waals surface area contributed by atoms with Crippen LogP contribution in [0.3, 0.4) is 0 Å². The second kappa shape index (κ2) is 10.4. The predicted octanol–water partition coefficient (Wildman–Crippen LogP) is 6.16. The first-order valence-electron chi connectivity index (χ1n) is 11.0. The molecule has 2 heterocycles. The molecule has 7 nitrogen and oxygen atoms in total. The summed E-state index contributed by atoms with van der Waals surface area (Å²) >= 11 is 0.917. The summed E-state index contributed by atoms with van der Waals surface area (Å²) in [6, 6.07) is 9.94. The van der Waals surface area contributed by atoms with Gasteiger partial charge in [0.15, 0.2) is 11.3 Å². The molecular weight excluding hydrogens is 485 g/mol. The Hall–Kier alpha value is -3.47. The van der Waals surface area contributed by atoms with E-state index in [1.165, 1.54) is 12.1 Å². The van der Waals surface area contributed by atoms with Crippen LogP contribution in [0.4, 0.5) is 13.2 Å². The van der Waals surface area contributed by atoms with Crippen molar-refractivity contribution in [2.24, 2.45) is 0 Å². The zero-order chi connectivity index (χ0) is 25.0. The Kier molecular flexibility index (Phi) is 7.34. The summed E-state index contributed by atoms with van der Waals surface area (Å²) < 4.78 is 56.1. The van der Waals surface area contributed by atoms with Gasteiger partial charge in [-0.3, -0.25) is 9.78 Å². The molecule has 2 N–H and O–H groups in total. The Bertz CT molecular complexity index is 1360. The molecule has 0 aliphatic heterocycles. The molecule has 0 unspecified atom stereocenters. The lowest BCUT2D eigenvalue weighted by Crippen LogP contribution is -2.06. The second-order valence-corrected chi connectivity index (χ2v) is 8.81. The first kappa shape index (κ1) is 24.6. The van der Waals surface area contributed by atoms with E-state index < -0.39 is 11.9 Å². The molecular formula is C24H23F3N2O5S. The van der Waals surface area contributed by atoms with Crippen LogP contribution in [-0.2, 0) is 12.6 Å². The Morgan fingerprint density at radius 2 is 1.91 bits per heavy atom. The lowest BCUT2D eigenvalue weighted by atomic mass is 10.0. The molecule has 0 saturated carbocycles. The van der Waals surface area contributed by atoms with E-state index in [0.717, 1.165) is 11.3 Å². The van der Waals surface area contributed by atoms with Crippen LogP contribution < -0.4 is 14.3 Å². The number of hydrogen-bond donors (Lipinski definition) is 2. The average molecular weight is 509 g/mol. The molecule has 0 amide bonds. The summed E-state index contributed by atoms with van der Waals surface area (Å²) in [6.45, 7) is 2.70. The van der Waals surface area contributed by atoms with E-state index in [4.69, 9.17) is 14.0 Å². The molecule has 0 radical (unpaired) electrons. The van der Waals surface area contributed by atoms with Crippen molar-refractivity contribution >= 4 is 22.3 Å². The molecule has 35 heavy (non-hydrogen) atoms. The zero-order valence-electron chi connectivity index (χ0n) is 18.8. The Morgan fingerprint density at radius 1 is 1.14 bits per heavy atom. The van der Waals surface area contributed by atoms with Gasteiger partial charge in [0.25, 0.3) is 0 Å². The molecule has 0 spiro atoms. The fraction of sp³-hybridized carbons (Fsp3) is 0.333. The number of hydrogen-bond acceptors (Lipinski definition) is 7. The highest BCUT2D eigenvalue weighted by molar-refractivity contribution is 7.13. The summed E-state index contributed by atoms with van der Waals surface area (Å²) in [5.41, 5.74) is 0.333. The molecule has 0 fully saturated rings. The number of nitrogens with one attached hydrogen (secondary N) is 1. The van der Waals surface area contributed by atoms with E-state index >= 15 is 0 Å². The number of aromatic nitrogens is 2. The Balaban J connectivity index is 1.32. The molecule has 2 aromatic carbocycles. The number of nitrogens with zero attached hydrogens (tertiary/aromatic N) is 1. The van der Waals surface area contributed by atoms with Crippen molar-refractivity contribution in [3.8, 4) is 27.8 Å². The summed E-state index contributed by atoms with van der Waals surface area (Å²) in [4.78, 5) is 13.9. The van der Waals surface area contributed by atoms with Gasteiger partial charge >= 0.3 is 11.0 Å². The minimum Gasteiger partial charge on any atom is -0.494 e. The number of halogens is 3. The zero-order valence-corrected chi connectivity index (χ0v) is 19.6. The lowest BCUT2D eigenvalue weighted by molar-refractivity contribution is -0.141. The van der Waals surface area contributed by atoms with Crippen molar-refractivity contribution in [1.29, 1.82) is 0 Å². The highest BCUT2D eigenvalue weighted by atomic mass is 32.1. The number of alkyl halides is 3. The molecule has 2 aromatic heterocycles. The van der Waals surface area contributed by atoms with Gasteiger partial charge in [0, 0.05) is 11.1 Å². The lowest BCUT2D eigenvalue weighted by Gasteiger charge is -2.12. The van der Waals surface area contributed by atoms with Crippen molar-refractivity contribution in [2.75, 3.05) is 13.2 Å². The van der Waals surface area contributed by atoms with Crippen molar-refractivity contribution in [3.05, 3.63) is 57.3 Å². The maximum atomic E-state index is 13.1. The minimum absolute atomic E-state index is 0.0656. The van der Waals surface area contributed by atoms with E-state index in [-0.39, 0.29) is 21.7 Å². The summed E-state index contributed by atoms with van der Waals surface area (Å²) in [5.74, 6) is 0.920. The highest BCUT2D eigenvalue weighted by Crippen LogP contribution is 2.38. The monoisotopic (exact) mass is 508 g/mol. The first-order chi connectivity index (χ1) is 16.8. The van der Waals surface area contributed by atoms with Crippen LogP contribution in [-0.4, -0.2) is 28.5 Å². The van der Waals surface area contributed by atoms with Crippen LogP contribution in [0.1, 0.15) is 37.4 Å². The number of fused-ring (bicyclic) bond motifs is 1. The summed E-state index contributed by atoms with van der Waals surface area (Å²) in [6.07, 6.45) is -2.03. The normalized spacial score (nSPS) is 11.8. The number of aromatic amines is 1. The van der Waals surface area contributed by atoms with Gasteiger partial charge in [-0.15, -0.1) is 0 Å². The number of aromatic hydroxyl groups is 1. The largest absolute Gasteiger partial charge is 0.494 e. The van der Waals surface area contributed by atoms with E-state index in [1.54, 1.807) is 24.3 Å². The first-order valence-corrected chi connectivity index (χ1v) is 11.9. The van der Waals surface area contributed by atoms with Gasteiger partial charge in [0.2, 0.25) is 5.88 Å². The van der Waals surface area contributed by atoms with Crippen LogP contribution >= 0.6 is 11.3 Å². The summed E-state index contributed by atoms with van der Waals surface area (Å²) in [7, 11) is 0. The van der Waals surface area contributed by atoms with Gasteiger partial charge < -0.3 is 19.1 Å². The third-order valence-electron chi connectivity index (χ3n) is 5.26. The van der Waals surface area contributed by atoms with Crippen molar-refractivity contribution in [3.63, 3.8) is 0 Å². The van der Waals surface area contributed by atoms with Gasteiger partial charge in [-0.1, -0.05) is 42.0 Å².